The van der Waals surface area contributed by atoms with Crippen LogP contribution < -0.4 is 5.32 Å². The van der Waals surface area contributed by atoms with Gasteiger partial charge in [-0.15, -0.1) is 0 Å². The largest absolute Gasteiger partial charge is 0.394 e. The van der Waals surface area contributed by atoms with E-state index in [2.05, 4.69) is 5.32 Å². The molecule has 0 fully saturated rings. The summed E-state index contributed by atoms with van der Waals surface area (Å²) in [6, 6.07) is 3.32. The van der Waals surface area contributed by atoms with E-state index in [-0.39, 0.29) is 28.3 Å². The molecule has 0 spiro atoms. The molecular formula is C14H19ClN2O4. The summed E-state index contributed by atoms with van der Waals surface area (Å²) in [6.45, 7) is 5.69. The highest BCUT2D eigenvalue weighted by atomic mass is 35.5. The number of hydrogen-bond acceptors (Lipinski definition) is 4. The molecule has 1 aromatic carbocycles. The van der Waals surface area contributed by atoms with E-state index in [4.69, 9.17) is 11.6 Å². The maximum absolute atomic E-state index is 12.2. The number of nitrogens with zero attached hydrogens (tertiary/aromatic N) is 1. The topological polar surface area (TPSA) is 92.5 Å². The summed E-state index contributed by atoms with van der Waals surface area (Å²) in [5.74, 6) is -0.618. The van der Waals surface area contributed by atoms with Gasteiger partial charge >= 0.3 is 0 Å². The van der Waals surface area contributed by atoms with Crippen molar-refractivity contribution in [1.29, 1.82) is 0 Å². The van der Waals surface area contributed by atoms with Crippen LogP contribution in [0.5, 0.6) is 0 Å². The average molecular weight is 315 g/mol. The van der Waals surface area contributed by atoms with E-state index < -0.39 is 16.9 Å². The molecule has 6 nitrogen and oxygen atoms in total. The lowest BCUT2D eigenvalue weighted by Crippen LogP contribution is -2.40. The van der Waals surface area contributed by atoms with Crippen molar-refractivity contribution >= 4 is 23.2 Å². The molecule has 1 atom stereocenters. The third kappa shape index (κ3) is 5.32. The number of hydrogen-bond donors (Lipinski definition) is 2. The second-order valence-electron chi connectivity index (χ2n) is 6.04. The van der Waals surface area contributed by atoms with Gasteiger partial charge in [0, 0.05) is 11.1 Å². The van der Waals surface area contributed by atoms with Gasteiger partial charge in [-0.1, -0.05) is 32.4 Å². The Labute approximate surface area is 128 Å². The molecule has 2 N–H and O–H groups in total. The minimum absolute atomic E-state index is 0.0963. The first-order valence-electron chi connectivity index (χ1n) is 6.49. The number of nitrogens with one attached hydrogen (secondary N) is 1. The molecule has 0 bridgehead atoms. The second-order valence-corrected chi connectivity index (χ2v) is 6.47. The van der Waals surface area contributed by atoms with Crippen molar-refractivity contribution in [2.45, 2.75) is 33.2 Å². The molecule has 0 aromatic heterocycles. The summed E-state index contributed by atoms with van der Waals surface area (Å²) < 4.78 is 0. The first kappa shape index (κ1) is 17.4. The van der Waals surface area contributed by atoms with Gasteiger partial charge in [-0.2, -0.15) is 0 Å². The first-order chi connectivity index (χ1) is 9.64. The van der Waals surface area contributed by atoms with Crippen molar-refractivity contribution in [3.63, 3.8) is 0 Å². The predicted octanol–water partition coefficient (Wildman–Crippen LogP) is 2.78. The van der Waals surface area contributed by atoms with Crippen LogP contribution in [0.25, 0.3) is 0 Å². The van der Waals surface area contributed by atoms with E-state index >= 15 is 0 Å². The Morgan fingerprint density at radius 1 is 1.48 bits per heavy atom. The number of nitro groups is 1. The van der Waals surface area contributed by atoms with Crippen LogP contribution in [-0.2, 0) is 0 Å². The minimum Gasteiger partial charge on any atom is -0.394 e. The monoisotopic (exact) mass is 314 g/mol. The van der Waals surface area contributed by atoms with Crippen LogP contribution in [-0.4, -0.2) is 28.6 Å². The smallest absolute Gasteiger partial charge is 0.282 e. The summed E-state index contributed by atoms with van der Waals surface area (Å²) in [4.78, 5) is 22.5. The maximum atomic E-state index is 12.2. The molecule has 0 aliphatic rings. The molecule has 1 amide bonds. The van der Waals surface area contributed by atoms with Crippen LogP contribution in [0.3, 0.4) is 0 Å². The predicted molar refractivity (Wildman–Crippen MR) is 80.5 cm³/mol. The van der Waals surface area contributed by atoms with Crippen molar-refractivity contribution in [2.24, 2.45) is 5.41 Å². The lowest BCUT2D eigenvalue weighted by atomic mass is 9.88. The molecule has 0 heterocycles. The molecule has 0 aliphatic heterocycles. The Bertz CT molecular complexity index is 540. The van der Waals surface area contributed by atoms with Crippen molar-refractivity contribution < 1.29 is 14.8 Å². The fraction of sp³-hybridized carbons (Fsp3) is 0.500. The van der Waals surface area contributed by atoms with Crippen LogP contribution in [0.2, 0.25) is 5.02 Å². The minimum atomic E-state index is -0.636. The molecule has 21 heavy (non-hydrogen) atoms. The van der Waals surface area contributed by atoms with Crippen LogP contribution in [0.15, 0.2) is 18.2 Å². The Morgan fingerprint density at radius 3 is 2.57 bits per heavy atom. The number of aliphatic hydroxyl groups excluding tert-OH is 1. The maximum Gasteiger partial charge on any atom is 0.282 e. The van der Waals surface area contributed by atoms with Crippen molar-refractivity contribution in [1.82, 2.24) is 5.32 Å². The normalized spacial score (nSPS) is 12.8. The SMILES string of the molecule is CC(C)(C)CC(CO)NC(=O)c1cc(Cl)ccc1[N+](=O)[O-]. The third-order valence-electron chi connectivity index (χ3n) is 2.81. The Balaban J connectivity index is 2.98. The summed E-state index contributed by atoms with van der Waals surface area (Å²) in [6.07, 6.45) is 0.545. The number of benzene rings is 1. The zero-order chi connectivity index (χ0) is 16.2. The first-order valence-corrected chi connectivity index (χ1v) is 6.87. The van der Waals surface area contributed by atoms with E-state index in [9.17, 15) is 20.0 Å². The zero-order valence-corrected chi connectivity index (χ0v) is 13.0. The van der Waals surface area contributed by atoms with Crippen LogP contribution in [0.1, 0.15) is 37.6 Å². The van der Waals surface area contributed by atoms with Gasteiger partial charge in [0.1, 0.15) is 5.56 Å². The van der Waals surface area contributed by atoms with Gasteiger partial charge in [0.2, 0.25) is 0 Å². The van der Waals surface area contributed by atoms with Gasteiger partial charge in [-0.3, -0.25) is 14.9 Å². The quantitative estimate of drug-likeness (QED) is 0.645. The van der Waals surface area contributed by atoms with Crippen molar-refractivity contribution in [3.8, 4) is 0 Å². The van der Waals surface area contributed by atoms with Gasteiger partial charge in [0.05, 0.1) is 17.6 Å². The van der Waals surface area contributed by atoms with Gasteiger partial charge < -0.3 is 10.4 Å². The van der Waals surface area contributed by atoms with Crippen LogP contribution in [0.4, 0.5) is 5.69 Å². The standard InChI is InChI=1S/C14H19ClN2O4/c1-14(2,3)7-10(8-18)16-13(19)11-6-9(15)4-5-12(11)17(20)21/h4-6,10,18H,7-8H2,1-3H3,(H,16,19). The molecule has 0 radical (unpaired) electrons. The number of carbonyl (C=O) groups is 1. The molecule has 1 unspecified atom stereocenters. The molecule has 1 aromatic rings. The van der Waals surface area contributed by atoms with Crippen LogP contribution >= 0.6 is 11.6 Å². The van der Waals surface area contributed by atoms with Gasteiger partial charge in [-0.25, -0.2) is 0 Å². The van der Waals surface area contributed by atoms with Crippen molar-refractivity contribution in [3.05, 3.63) is 38.9 Å². The summed E-state index contributed by atoms with van der Waals surface area (Å²) in [7, 11) is 0. The number of carbonyl (C=O) groups excluding carboxylic acids is 1. The number of amides is 1. The average Bonchev–Trinajstić information content (AvgIpc) is 2.35. The fourth-order valence-corrected chi connectivity index (χ4v) is 2.19. The van der Waals surface area contributed by atoms with E-state index in [1.54, 1.807) is 0 Å². The lowest BCUT2D eigenvalue weighted by molar-refractivity contribution is -0.385. The summed E-state index contributed by atoms with van der Waals surface area (Å²) >= 11 is 5.79. The summed E-state index contributed by atoms with van der Waals surface area (Å²) in [5.41, 5.74) is -0.523. The molecule has 1 rings (SSSR count). The number of aliphatic hydroxyl groups is 1. The number of halogens is 1. The van der Waals surface area contributed by atoms with Gasteiger partial charge in [0.25, 0.3) is 11.6 Å². The molecule has 7 heteroatoms. The van der Waals surface area contributed by atoms with Crippen molar-refractivity contribution in [2.75, 3.05) is 6.61 Å². The molecule has 0 saturated carbocycles. The third-order valence-corrected chi connectivity index (χ3v) is 3.05. The highest BCUT2D eigenvalue weighted by Crippen LogP contribution is 2.24. The number of nitro benzene ring substituents is 1. The van der Waals surface area contributed by atoms with Gasteiger partial charge in [0.15, 0.2) is 0 Å². The molecule has 0 saturated heterocycles. The highest BCUT2D eigenvalue weighted by molar-refractivity contribution is 6.31. The fourth-order valence-electron chi connectivity index (χ4n) is 2.01. The lowest BCUT2D eigenvalue weighted by Gasteiger charge is -2.25. The second kappa shape index (κ2) is 6.87. The van der Waals surface area contributed by atoms with Crippen LogP contribution in [0, 0.1) is 15.5 Å². The summed E-state index contributed by atoms with van der Waals surface area (Å²) in [5, 5.41) is 23.1. The zero-order valence-electron chi connectivity index (χ0n) is 12.2. The Kier molecular flexibility index (Phi) is 5.69. The van der Waals surface area contributed by atoms with E-state index in [0.717, 1.165) is 0 Å². The van der Waals surface area contributed by atoms with E-state index in [0.29, 0.717) is 6.42 Å². The van der Waals surface area contributed by atoms with E-state index in [1.807, 2.05) is 20.8 Å². The molecule has 0 aliphatic carbocycles. The molecular weight excluding hydrogens is 296 g/mol. The Hall–Kier alpha value is -1.66. The Morgan fingerprint density at radius 2 is 2.10 bits per heavy atom. The molecule has 116 valence electrons. The number of rotatable bonds is 5. The van der Waals surface area contributed by atoms with E-state index in [1.165, 1.54) is 18.2 Å². The van der Waals surface area contributed by atoms with Gasteiger partial charge in [-0.05, 0) is 24.0 Å². The highest BCUT2D eigenvalue weighted by Gasteiger charge is 2.25.